The number of amides is 2. The van der Waals surface area contributed by atoms with Crippen molar-refractivity contribution in [2.45, 2.75) is 26.3 Å². The second-order valence-electron chi connectivity index (χ2n) is 7.42. The van der Waals surface area contributed by atoms with Crippen molar-refractivity contribution in [3.05, 3.63) is 81.9 Å². The van der Waals surface area contributed by atoms with Gasteiger partial charge in [0, 0.05) is 26.1 Å². The number of Topliss-reactive ketones (excluding diaryl/α,β-unsaturated/α-hetero) is 1. The third kappa shape index (κ3) is 4.64. The lowest BCUT2D eigenvalue weighted by Gasteiger charge is -2.16. The summed E-state index contributed by atoms with van der Waals surface area (Å²) in [6.45, 7) is 3.38. The number of anilines is 1. The Hall–Kier alpha value is -3.13. The minimum Gasteiger partial charge on any atom is -0.318 e. The van der Waals surface area contributed by atoms with E-state index in [2.05, 4.69) is 4.98 Å². The summed E-state index contributed by atoms with van der Waals surface area (Å²) >= 11 is 1.20. The topological polar surface area (TPSA) is 53.5 Å². The number of ketones is 1. The van der Waals surface area contributed by atoms with Gasteiger partial charge >= 0.3 is 6.03 Å². The van der Waals surface area contributed by atoms with Crippen LogP contribution in [0.4, 0.5) is 18.7 Å². The highest BCUT2D eigenvalue weighted by Gasteiger charge is 2.32. The Morgan fingerprint density at radius 3 is 2.58 bits per heavy atom. The molecule has 0 atom stereocenters. The van der Waals surface area contributed by atoms with Gasteiger partial charge in [0.15, 0.2) is 22.5 Å². The molecule has 31 heavy (non-hydrogen) atoms. The van der Waals surface area contributed by atoms with Crippen molar-refractivity contribution >= 4 is 28.3 Å². The SMILES string of the molecule is Cc1nc(N2CCN(Cc3ccccc3)C2=O)sc1C(=O)CCc1ccc(F)c(F)c1. The Morgan fingerprint density at radius 2 is 1.84 bits per heavy atom. The fourth-order valence-electron chi connectivity index (χ4n) is 3.53. The molecule has 0 bridgehead atoms. The van der Waals surface area contributed by atoms with Gasteiger partial charge in [-0.25, -0.2) is 18.6 Å². The molecule has 0 saturated carbocycles. The van der Waals surface area contributed by atoms with Crippen molar-refractivity contribution in [3.8, 4) is 0 Å². The van der Waals surface area contributed by atoms with Crippen LogP contribution in [0.2, 0.25) is 0 Å². The lowest BCUT2D eigenvalue weighted by atomic mass is 10.1. The van der Waals surface area contributed by atoms with Gasteiger partial charge in [-0.1, -0.05) is 47.7 Å². The Balaban J connectivity index is 1.41. The van der Waals surface area contributed by atoms with Crippen LogP contribution < -0.4 is 4.90 Å². The predicted molar refractivity (Wildman–Crippen MR) is 115 cm³/mol. The summed E-state index contributed by atoms with van der Waals surface area (Å²) in [6.07, 6.45) is 0.456. The van der Waals surface area contributed by atoms with E-state index in [1.807, 2.05) is 30.3 Å². The van der Waals surface area contributed by atoms with Crippen LogP contribution in [0.3, 0.4) is 0 Å². The van der Waals surface area contributed by atoms with Gasteiger partial charge in [-0.15, -0.1) is 0 Å². The summed E-state index contributed by atoms with van der Waals surface area (Å²) < 4.78 is 26.4. The fourth-order valence-corrected chi connectivity index (χ4v) is 4.59. The molecule has 2 aromatic carbocycles. The number of carbonyl (C=O) groups is 2. The molecule has 2 heterocycles. The molecular formula is C23H21F2N3O2S. The Labute approximate surface area is 182 Å². The van der Waals surface area contributed by atoms with E-state index in [4.69, 9.17) is 0 Å². The standard InChI is InChI=1S/C23H21F2N3O2S/c1-15-21(20(29)10-8-16-7-9-18(24)19(25)13-16)31-22(26-15)28-12-11-27(23(28)30)14-17-5-3-2-4-6-17/h2-7,9,13H,8,10-12,14H2,1H3. The van der Waals surface area contributed by atoms with Crippen LogP contribution in [0, 0.1) is 18.6 Å². The van der Waals surface area contributed by atoms with Crippen LogP contribution in [0.5, 0.6) is 0 Å². The molecule has 160 valence electrons. The van der Waals surface area contributed by atoms with E-state index in [1.165, 1.54) is 17.4 Å². The van der Waals surface area contributed by atoms with Gasteiger partial charge in [-0.05, 0) is 36.6 Å². The van der Waals surface area contributed by atoms with Gasteiger partial charge in [0.1, 0.15) is 0 Å². The first kappa shape index (κ1) is 21.1. The third-order valence-electron chi connectivity index (χ3n) is 5.21. The highest BCUT2D eigenvalue weighted by atomic mass is 32.1. The molecule has 1 saturated heterocycles. The summed E-state index contributed by atoms with van der Waals surface area (Å²) in [5.74, 6) is -1.96. The van der Waals surface area contributed by atoms with Crippen molar-refractivity contribution < 1.29 is 18.4 Å². The third-order valence-corrected chi connectivity index (χ3v) is 6.43. The normalized spacial score (nSPS) is 13.8. The van der Waals surface area contributed by atoms with E-state index in [0.29, 0.717) is 47.3 Å². The van der Waals surface area contributed by atoms with Gasteiger partial charge in [0.25, 0.3) is 0 Å². The van der Waals surface area contributed by atoms with Crippen molar-refractivity contribution in [1.82, 2.24) is 9.88 Å². The smallest absolute Gasteiger partial charge is 0.318 e. The molecule has 0 spiro atoms. The molecule has 1 aromatic heterocycles. The first-order valence-electron chi connectivity index (χ1n) is 9.97. The van der Waals surface area contributed by atoms with Crippen LogP contribution in [-0.2, 0) is 13.0 Å². The minimum absolute atomic E-state index is 0.126. The molecule has 2 amide bonds. The first-order valence-corrected chi connectivity index (χ1v) is 10.8. The van der Waals surface area contributed by atoms with Crippen molar-refractivity contribution in [1.29, 1.82) is 0 Å². The molecule has 0 N–H and O–H groups in total. The number of hydrogen-bond acceptors (Lipinski definition) is 4. The number of halogens is 2. The number of carbonyl (C=O) groups excluding carboxylic acids is 2. The molecular weight excluding hydrogens is 420 g/mol. The van der Waals surface area contributed by atoms with Crippen molar-refractivity contribution in [2.24, 2.45) is 0 Å². The van der Waals surface area contributed by atoms with E-state index in [-0.39, 0.29) is 18.2 Å². The summed E-state index contributed by atoms with van der Waals surface area (Å²) in [5, 5.41) is 0.509. The summed E-state index contributed by atoms with van der Waals surface area (Å²) in [4.78, 5) is 33.8. The lowest BCUT2D eigenvalue weighted by Crippen LogP contribution is -2.31. The van der Waals surface area contributed by atoms with E-state index < -0.39 is 11.6 Å². The van der Waals surface area contributed by atoms with Gasteiger partial charge in [0.2, 0.25) is 0 Å². The van der Waals surface area contributed by atoms with Crippen LogP contribution >= 0.6 is 11.3 Å². The van der Waals surface area contributed by atoms with Gasteiger partial charge in [-0.3, -0.25) is 9.69 Å². The zero-order chi connectivity index (χ0) is 22.0. The fraction of sp³-hybridized carbons (Fsp3) is 0.261. The Morgan fingerprint density at radius 1 is 1.06 bits per heavy atom. The maximum absolute atomic E-state index is 13.4. The average molecular weight is 442 g/mol. The van der Waals surface area contributed by atoms with Crippen LogP contribution in [0.15, 0.2) is 48.5 Å². The molecule has 3 aromatic rings. The zero-order valence-corrected chi connectivity index (χ0v) is 17.8. The minimum atomic E-state index is -0.922. The molecule has 1 aliphatic rings. The van der Waals surface area contributed by atoms with Crippen molar-refractivity contribution in [2.75, 3.05) is 18.0 Å². The van der Waals surface area contributed by atoms with E-state index >= 15 is 0 Å². The Bertz CT molecular complexity index is 1120. The number of aryl methyl sites for hydroxylation is 2. The maximum atomic E-state index is 13.4. The van der Waals surface area contributed by atoms with Gasteiger partial charge < -0.3 is 4.90 Å². The first-order chi connectivity index (χ1) is 14.9. The van der Waals surface area contributed by atoms with Crippen molar-refractivity contribution in [3.63, 3.8) is 0 Å². The van der Waals surface area contributed by atoms with E-state index in [0.717, 1.165) is 17.7 Å². The molecule has 1 fully saturated rings. The molecule has 0 aliphatic carbocycles. The number of rotatable bonds is 7. The largest absolute Gasteiger partial charge is 0.326 e. The molecule has 0 radical (unpaired) electrons. The van der Waals surface area contributed by atoms with Gasteiger partial charge in [-0.2, -0.15) is 0 Å². The maximum Gasteiger partial charge on any atom is 0.326 e. The van der Waals surface area contributed by atoms with Crippen LogP contribution in [0.25, 0.3) is 0 Å². The quantitative estimate of drug-likeness (QED) is 0.486. The number of aromatic nitrogens is 1. The second kappa shape index (κ2) is 8.93. The molecule has 0 unspecified atom stereocenters. The average Bonchev–Trinajstić information content (AvgIpc) is 3.32. The monoisotopic (exact) mass is 441 g/mol. The second-order valence-corrected chi connectivity index (χ2v) is 8.40. The summed E-state index contributed by atoms with van der Waals surface area (Å²) in [6, 6.07) is 13.3. The predicted octanol–water partition coefficient (Wildman–Crippen LogP) is 4.99. The van der Waals surface area contributed by atoms with Crippen LogP contribution in [0.1, 0.15) is 32.9 Å². The number of thiazole rings is 1. The zero-order valence-electron chi connectivity index (χ0n) is 17.0. The number of urea groups is 1. The molecule has 1 aliphatic heterocycles. The van der Waals surface area contributed by atoms with Gasteiger partial charge in [0.05, 0.1) is 10.6 Å². The summed E-state index contributed by atoms with van der Waals surface area (Å²) in [5.41, 5.74) is 2.19. The lowest BCUT2D eigenvalue weighted by molar-refractivity contribution is 0.0986. The highest BCUT2D eigenvalue weighted by Crippen LogP contribution is 2.30. The molecule has 4 rings (SSSR count). The summed E-state index contributed by atoms with van der Waals surface area (Å²) in [7, 11) is 0. The molecule has 5 nitrogen and oxygen atoms in total. The van der Waals surface area contributed by atoms with Crippen LogP contribution in [-0.4, -0.2) is 34.8 Å². The van der Waals surface area contributed by atoms with E-state index in [1.54, 1.807) is 16.7 Å². The number of hydrogen-bond donors (Lipinski definition) is 0. The number of nitrogens with zero attached hydrogens (tertiary/aromatic N) is 3. The highest BCUT2D eigenvalue weighted by molar-refractivity contribution is 7.17. The number of benzene rings is 2. The molecule has 8 heteroatoms. The van der Waals surface area contributed by atoms with E-state index in [9.17, 15) is 18.4 Å². The Kier molecular flexibility index (Phi) is 6.08.